The Kier molecular flexibility index (Phi) is 5.37. The Morgan fingerprint density at radius 2 is 2.00 bits per heavy atom. The van der Waals surface area contributed by atoms with E-state index in [1.807, 2.05) is 45.0 Å². The lowest BCUT2D eigenvalue weighted by Crippen LogP contribution is -2.24. The molecule has 2 unspecified atom stereocenters. The van der Waals surface area contributed by atoms with E-state index in [-0.39, 0.29) is 18.2 Å². The van der Waals surface area contributed by atoms with Crippen LogP contribution in [0.15, 0.2) is 24.3 Å². The van der Waals surface area contributed by atoms with Crippen LogP contribution in [0.25, 0.3) is 0 Å². The predicted octanol–water partition coefficient (Wildman–Crippen LogP) is 2.45. The van der Waals surface area contributed by atoms with E-state index in [4.69, 9.17) is 4.74 Å². The number of aliphatic hydroxyl groups excluding tert-OH is 1. The van der Waals surface area contributed by atoms with Crippen LogP contribution >= 0.6 is 0 Å². The molecule has 1 aliphatic heterocycles. The second-order valence-electron chi connectivity index (χ2n) is 6.18. The highest BCUT2D eigenvalue weighted by Crippen LogP contribution is 2.21. The topological polar surface area (TPSA) is 49.8 Å². The largest absolute Gasteiger partial charge is 0.459 e. The van der Waals surface area contributed by atoms with E-state index in [1.54, 1.807) is 0 Å². The molecule has 0 radical (unpaired) electrons. The normalized spacial score (nSPS) is 20.7. The highest BCUT2D eigenvalue weighted by Gasteiger charge is 2.25. The van der Waals surface area contributed by atoms with Gasteiger partial charge in [-0.2, -0.15) is 0 Å². The smallest absolute Gasteiger partial charge is 0.338 e. The average molecular weight is 291 g/mol. The molecular formula is C17H25NO3. The number of likely N-dealkylation sites (tertiary alicyclic amines) is 1. The van der Waals surface area contributed by atoms with Crippen LogP contribution in [0.4, 0.5) is 0 Å². The first kappa shape index (κ1) is 16.0. The van der Waals surface area contributed by atoms with Gasteiger partial charge in [0, 0.05) is 13.1 Å². The molecule has 1 aromatic carbocycles. The average Bonchev–Trinajstić information content (AvgIpc) is 2.87. The van der Waals surface area contributed by atoms with Crippen molar-refractivity contribution in [3.8, 4) is 0 Å². The van der Waals surface area contributed by atoms with E-state index in [9.17, 15) is 9.90 Å². The van der Waals surface area contributed by atoms with Crippen molar-refractivity contribution in [1.29, 1.82) is 0 Å². The Morgan fingerprint density at radius 1 is 1.33 bits per heavy atom. The highest BCUT2D eigenvalue weighted by molar-refractivity contribution is 5.89. The lowest BCUT2D eigenvalue weighted by molar-refractivity contribution is 0.0378. The molecule has 0 spiro atoms. The third kappa shape index (κ3) is 4.55. The molecule has 0 aromatic heterocycles. The van der Waals surface area contributed by atoms with Crippen LogP contribution < -0.4 is 0 Å². The number of ether oxygens (including phenoxy) is 1. The Bertz CT molecular complexity index is 467. The minimum atomic E-state index is -0.271. The van der Waals surface area contributed by atoms with Crippen LogP contribution in [0.3, 0.4) is 0 Å². The van der Waals surface area contributed by atoms with Crippen molar-refractivity contribution in [3.05, 3.63) is 35.4 Å². The number of esters is 1. The van der Waals surface area contributed by atoms with E-state index < -0.39 is 0 Å². The van der Waals surface area contributed by atoms with E-state index in [0.29, 0.717) is 11.5 Å². The number of nitrogens with zero attached hydrogens (tertiary/aromatic N) is 1. The third-order valence-corrected chi connectivity index (χ3v) is 3.93. The van der Waals surface area contributed by atoms with Crippen LogP contribution in [0, 0.1) is 5.92 Å². The number of carbonyl (C=O) groups excluding carboxylic acids is 1. The van der Waals surface area contributed by atoms with Gasteiger partial charge in [0.25, 0.3) is 0 Å². The Balaban J connectivity index is 1.90. The lowest BCUT2D eigenvalue weighted by Gasteiger charge is -2.17. The second kappa shape index (κ2) is 7.05. The summed E-state index contributed by atoms with van der Waals surface area (Å²) in [4.78, 5) is 14.1. The summed E-state index contributed by atoms with van der Waals surface area (Å²) in [6, 6.07) is 7.60. The lowest BCUT2D eigenvalue weighted by atomic mass is 10.0. The zero-order valence-electron chi connectivity index (χ0n) is 13.1. The fourth-order valence-corrected chi connectivity index (χ4v) is 2.69. The van der Waals surface area contributed by atoms with E-state index in [0.717, 1.165) is 26.1 Å². The summed E-state index contributed by atoms with van der Waals surface area (Å²) in [6.07, 6.45) is 0.721. The number of benzene rings is 1. The van der Waals surface area contributed by atoms with Crippen molar-refractivity contribution in [2.24, 2.45) is 5.92 Å². The molecule has 116 valence electrons. The van der Waals surface area contributed by atoms with Gasteiger partial charge in [-0.25, -0.2) is 4.79 Å². The molecule has 2 atom stereocenters. The van der Waals surface area contributed by atoms with Gasteiger partial charge < -0.3 is 9.84 Å². The molecule has 1 aliphatic rings. The molecule has 0 amide bonds. The first-order valence-electron chi connectivity index (χ1n) is 7.66. The van der Waals surface area contributed by atoms with Crippen LogP contribution in [0.5, 0.6) is 0 Å². The monoisotopic (exact) mass is 291 g/mol. The molecule has 4 heteroatoms. The Hall–Kier alpha value is -1.39. The standard InChI is InChI=1S/C17H25NO3/c1-12(2)21-17(20)15-6-4-14(5-7-15)10-18-9-8-16(11-18)13(3)19/h4-7,12-13,16,19H,8-11H2,1-3H3. The van der Waals surface area contributed by atoms with Gasteiger partial charge in [-0.05, 0) is 57.4 Å². The summed E-state index contributed by atoms with van der Waals surface area (Å²) in [5.41, 5.74) is 1.78. The molecule has 1 fully saturated rings. The van der Waals surface area contributed by atoms with Gasteiger partial charge in [0.1, 0.15) is 0 Å². The maximum atomic E-state index is 11.8. The molecule has 21 heavy (non-hydrogen) atoms. The third-order valence-electron chi connectivity index (χ3n) is 3.93. The highest BCUT2D eigenvalue weighted by atomic mass is 16.5. The Labute approximate surface area is 126 Å². The number of aliphatic hydroxyl groups is 1. The summed E-state index contributed by atoms with van der Waals surface area (Å²) in [5, 5.41) is 9.63. The SMILES string of the molecule is CC(C)OC(=O)c1ccc(CN2CCC(C(C)O)C2)cc1. The van der Waals surface area contributed by atoms with Gasteiger partial charge in [0.2, 0.25) is 0 Å². The summed E-state index contributed by atoms with van der Waals surface area (Å²) in [6.45, 7) is 8.38. The van der Waals surface area contributed by atoms with Gasteiger partial charge in [0.05, 0.1) is 17.8 Å². The molecule has 1 heterocycles. The molecule has 1 N–H and O–H groups in total. The zero-order valence-corrected chi connectivity index (χ0v) is 13.1. The van der Waals surface area contributed by atoms with Crippen LogP contribution in [-0.4, -0.2) is 41.3 Å². The van der Waals surface area contributed by atoms with Crippen LogP contribution in [-0.2, 0) is 11.3 Å². The van der Waals surface area contributed by atoms with Gasteiger partial charge in [-0.1, -0.05) is 12.1 Å². The summed E-state index contributed by atoms with van der Waals surface area (Å²) in [7, 11) is 0. The van der Waals surface area contributed by atoms with Crippen molar-refractivity contribution in [1.82, 2.24) is 4.90 Å². The van der Waals surface area contributed by atoms with E-state index in [2.05, 4.69) is 4.90 Å². The number of carbonyl (C=O) groups is 1. The summed E-state index contributed by atoms with van der Waals surface area (Å²) >= 11 is 0. The molecule has 4 nitrogen and oxygen atoms in total. The van der Waals surface area contributed by atoms with Gasteiger partial charge in [-0.3, -0.25) is 4.90 Å². The molecular weight excluding hydrogens is 266 g/mol. The summed E-state index contributed by atoms with van der Waals surface area (Å²) < 4.78 is 5.17. The van der Waals surface area contributed by atoms with Crippen molar-refractivity contribution >= 4 is 5.97 Å². The zero-order chi connectivity index (χ0) is 15.4. The first-order chi connectivity index (χ1) is 9.95. The van der Waals surface area contributed by atoms with Crippen molar-refractivity contribution in [3.63, 3.8) is 0 Å². The quantitative estimate of drug-likeness (QED) is 0.847. The second-order valence-corrected chi connectivity index (χ2v) is 6.18. The van der Waals surface area contributed by atoms with E-state index in [1.165, 1.54) is 5.56 Å². The van der Waals surface area contributed by atoms with Gasteiger partial charge in [0.15, 0.2) is 0 Å². The Morgan fingerprint density at radius 3 is 2.52 bits per heavy atom. The number of rotatable bonds is 5. The van der Waals surface area contributed by atoms with Crippen LogP contribution in [0.2, 0.25) is 0 Å². The van der Waals surface area contributed by atoms with Crippen molar-refractivity contribution in [2.45, 2.75) is 45.9 Å². The number of hydrogen-bond acceptors (Lipinski definition) is 4. The maximum Gasteiger partial charge on any atom is 0.338 e. The van der Waals surface area contributed by atoms with Gasteiger partial charge in [-0.15, -0.1) is 0 Å². The molecule has 1 aromatic rings. The fraction of sp³-hybridized carbons (Fsp3) is 0.588. The first-order valence-corrected chi connectivity index (χ1v) is 7.66. The number of hydrogen-bond donors (Lipinski definition) is 1. The molecule has 0 aliphatic carbocycles. The minimum absolute atomic E-state index is 0.0980. The molecule has 0 saturated carbocycles. The fourth-order valence-electron chi connectivity index (χ4n) is 2.69. The summed E-state index contributed by atoms with van der Waals surface area (Å²) in [5.74, 6) is 0.109. The molecule has 2 rings (SSSR count). The van der Waals surface area contributed by atoms with Crippen molar-refractivity contribution in [2.75, 3.05) is 13.1 Å². The maximum absolute atomic E-state index is 11.8. The molecule has 0 bridgehead atoms. The predicted molar refractivity (Wildman–Crippen MR) is 82.1 cm³/mol. The molecule has 1 saturated heterocycles. The van der Waals surface area contributed by atoms with E-state index >= 15 is 0 Å². The van der Waals surface area contributed by atoms with Crippen molar-refractivity contribution < 1.29 is 14.6 Å². The minimum Gasteiger partial charge on any atom is -0.459 e. The van der Waals surface area contributed by atoms with Gasteiger partial charge >= 0.3 is 5.97 Å². The van der Waals surface area contributed by atoms with Crippen LogP contribution in [0.1, 0.15) is 43.1 Å².